The molecule has 1 aromatic rings. The number of hydrogen-bond acceptors (Lipinski definition) is 2. The van der Waals surface area contributed by atoms with Crippen molar-refractivity contribution >= 4 is 5.91 Å². The lowest BCUT2D eigenvalue weighted by Crippen LogP contribution is -2.49. The molecule has 0 aromatic heterocycles. The standard InChI is InChI=1S/C15H22N2O/c1-4-15(2,3)17-14(18)13-12-8-6-5-7-11(12)9-10-16-13/h5-8,13,16H,4,9-10H2,1-3H3,(H,17,18). The zero-order valence-electron chi connectivity index (χ0n) is 11.4. The van der Waals surface area contributed by atoms with Crippen molar-refractivity contribution in [3.63, 3.8) is 0 Å². The molecule has 2 N–H and O–H groups in total. The molecule has 3 nitrogen and oxygen atoms in total. The predicted molar refractivity (Wildman–Crippen MR) is 73.4 cm³/mol. The van der Waals surface area contributed by atoms with Gasteiger partial charge < -0.3 is 10.6 Å². The SMILES string of the molecule is CCC(C)(C)NC(=O)C1NCCc2ccccc21. The summed E-state index contributed by atoms with van der Waals surface area (Å²) >= 11 is 0. The van der Waals surface area contributed by atoms with E-state index in [1.807, 2.05) is 18.2 Å². The van der Waals surface area contributed by atoms with Crippen LogP contribution >= 0.6 is 0 Å². The average molecular weight is 246 g/mol. The first kappa shape index (κ1) is 13.1. The first-order chi connectivity index (χ1) is 8.53. The van der Waals surface area contributed by atoms with Gasteiger partial charge in [-0.15, -0.1) is 0 Å². The zero-order chi connectivity index (χ0) is 13.2. The van der Waals surface area contributed by atoms with Gasteiger partial charge >= 0.3 is 0 Å². The molecule has 3 heteroatoms. The maximum absolute atomic E-state index is 12.4. The highest BCUT2D eigenvalue weighted by molar-refractivity contribution is 5.84. The Morgan fingerprint density at radius 2 is 2.17 bits per heavy atom. The molecular formula is C15H22N2O. The fourth-order valence-electron chi connectivity index (χ4n) is 2.23. The van der Waals surface area contributed by atoms with E-state index in [0.29, 0.717) is 0 Å². The first-order valence-electron chi connectivity index (χ1n) is 6.67. The third-order valence-electron chi connectivity index (χ3n) is 3.72. The summed E-state index contributed by atoms with van der Waals surface area (Å²) in [6, 6.07) is 7.99. The maximum Gasteiger partial charge on any atom is 0.242 e. The highest BCUT2D eigenvalue weighted by Gasteiger charge is 2.28. The number of nitrogens with one attached hydrogen (secondary N) is 2. The van der Waals surface area contributed by atoms with Crippen molar-refractivity contribution in [1.29, 1.82) is 0 Å². The molecule has 1 unspecified atom stereocenters. The van der Waals surface area contributed by atoms with Gasteiger partial charge in [0.1, 0.15) is 6.04 Å². The molecule has 0 saturated carbocycles. The van der Waals surface area contributed by atoms with Gasteiger partial charge in [0, 0.05) is 12.1 Å². The Kier molecular flexibility index (Phi) is 3.71. The van der Waals surface area contributed by atoms with Crippen molar-refractivity contribution in [2.75, 3.05) is 6.54 Å². The minimum absolute atomic E-state index is 0.0778. The van der Waals surface area contributed by atoms with Crippen molar-refractivity contribution in [2.45, 2.75) is 45.2 Å². The van der Waals surface area contributed by atoms with Crippen LogP contribution in [-0.4, -0.2) is 18.0 Å². The molecule has 2 rings (SSSR count). The molecule has 1 heterocycles. The molecule has 0 bridgehead atoms. The van der Waals surface area contributed by atoms with Crippen LogP contribution in [0.2, 0.25) is 0 Å². The van der Waals surface area contributed by atoms with Gasteiger partial charge in [-0.2, -0.15) is 0 Å². The molecule has 0 radical (unpaired) electrons. The summed E-state index contributed by atoms with van der Waals surface area (Å²) in [5.74, 6) is 0.0778. The second-order valence-electron chi connectivity index (χ2n) is 5.56. The number of benzene rings is 1. The third-order valence-corrected chi connectivity index (χ3v) is 3.72. The summed E-state index contributed by atoms with van der Waals surface area (Å²) in [5.41, 5.74) is 2.25. The van der Waals surface area contributed by atoms with Crippen molar-refractivity contribution in [3.8, 4) is 0 Å². The van der Waals surface area contributed by atoms with Crippen LogP contribution < -0.4 is 10.6 Å². The number of rotatable bonds is 3. The van der Waals surface area contributed by atoms with Gasteiger partial charge in [-0.25, -0.2) is 0 Å². The Hall–Kier alpha value is -1.35. The molecule has 98 valence electrons. The van der Waals surface area contributed by atoms with Crippen molar-refractivity contribution in [3.05, 3.63) is 35.4 Å². The van der Waals surface area contributed by atoms with E-state index in [9.17, 15) is 4.79 Å². The van der Waals surface area contributed by atoms with Gasteiger partial charge in [-0.05, 0) is 37.8 Å². The van der Waals surface area contributed by atoms with Gasteiger partial charge in [0.25, 0.3) is 0 Å². The van der Waals surface area contributed by atoms with E-state index in [1.54, 1.807) is 0 Å². The number of amides is 1. The lowest BCUT2D eigenvalue weighted by molar-refractivity contribution is -0.125. The van der Waals surface area contributed by atoms with Crippen LogP contribution in [-0.2, 0) is 11.2 Å². The first-order valence-corrected chi connectivity index (χ1v) is 6.67. The third kappa shape index (κ3) is 2.72. The predicted octanol–water partition coefficient (Wildman–Crippen LogP) is 2.18. The van der Waals surface area contributed by atoms with Gasteiger partial charge in [-0.3, -0.25) is 4.79 Å². The molecular weight excluding hydrogens is 224 g/mol. The Bertz CT molecular complexity index is 440. The number of carbonyl (C=O) groups excluding carboxylic acids is 1. The molecule has 1 aromatic carbocycles. The van der Waals surface area contributed by atoms with Crippen LogP contribution in [0.5, 0.6) is 0 Å². The van der Waals surface area contributed by atoms with Crippen LogP contribution in [0.15, 0.2) is 24.3 Å². The van der Waals surface area contributed by atoms with Crippen molar-refractivity contribution in [2.24, 2.45) is 0 Å². The molecule has 1 aliphatic heterocycles. The van der Waals surface area contributed by atoms with Crippen LogP contribution in [0.25, 0.3) is 0 Å². The molecule has 0 saturated heterocycles. The summed E-state index contributed by atoms with van der Waals surface area (Å²) in [4.78, 5) is 12.4. The topological polar surface area (TPSA) is 41.1 Å². The molecule has 1 atom stereocenters. The van der Waals surface area contributed by atoms with Gasteiger partial charge in [0.15, 0.2) is 0 Å². The fraction of sp³-hybridized carbons (Fsp3) is 0.533. The van der Waals surface area contributed by atoms with E-state index >= 15 is 0 Å². The molecule has 1 aliphatic rings. The minimum atomic E-state index is -0.208. The Balaban J connectivity index is 2.18. The smallest absolute Gasteiger partial charge is 0.242 e. The average Bonchev–Trinajstić information content (AvgIpc) is 2.37. The number of hydrogen-bond donors (Lipinski definition) is 2. The van der Waals surface area contributed by atoms with E-state index in [1.165, 1.54) is 5.56 Å². The van der Waals surface area contributed by atoms with E-state index in [0.717, 1.165) is 24.9 Å². The van der Waals surface area contributed by atoms with E-state index < -0.39 is 0 Å². The van der Waals surface area contributed by atoms with Gasteiger partial charge in [0.05, 0.1) is 0 Å². The Morgan fingerprint density at radius 1 is 1.44 bits per heavy atom. The minimum Gasteiger partial charge on any atom is -0.350 e. The van der Waals surface area contributed by atoms with E-state index in [4.69, 9.17) is 0 Å². The van der Waals surface area contributed by atoms with E-state index in [2.05, 4.69) is 37.5 Å². The quantitative estimate of drug-likeness (QED) is 0.858. The van der Waals surface area contributed by atoms with E-state index in [-0.39, 0.29) is 17.5 Å². The van der Waals surface area contributed by atoms with Crippen LogP contribution in [0, 0.1) is 0 Å². The van der Waals surface area contributed by atoms with Crippen molar-refractivity contribution < 1.29 is 4.79 Å². The molecule has 18 heavy (non-hydrogen) atoms. The summed E-state index contributed by atoms with van der Waals surface area (Å²) in [6.45, 7) is 7.06. The van der Waals surface area contributed by atoms with Gasteiger partial charge in [-0.1, -0.05) is 31.2 Å². The molecule has 1 amide bonds. The maximum atomic E-state index is 12.4. The second kappa shape index (κ2) is 5.11. The monoisotopic (exact) mass is 246 g/mol. The fourth-order valence-corrected chi connectivity index (χ4v) is 2.23. The number of carbonyl (C=O) groups is 1. The van der Waals surface area contributed by atoms with Crippen LogP contribution in [0.3, 0.4) is 0 Å². The van der Waals surface area contributed by atoms with Crippen LogP contribution in [0.4, 0.5) is 0 Å². The summed E-state index contributed by atoms with van der Waals surface area (Å²) < 4.78 is 0. The second-order valence-corrected chi connectivity index (χ2v) is 5.56. The highest BCUT2D eigenvalue weighted by Crippen LogP contribution is 2.23. The lowest BCUT2D eigenvalue weighted by atomic mass is 9.92. The van der Waals surface area contributed by atoms with Crippen molar-refractivity contribution in [1.82, 2.24) is 10.6 Å². The lowest BCUT2D eigenvalue weighted by Gasteiger charge is -2.31. The summed E-state index contributed by atoms with van der Waals surface area (Å²) in [5, 5.41) is 6.42. The molecule has 0 aliphatic carbocycles. The van der Waals surface area contributed by atoms with Crippen LogP contribution in [0.1, 0.15) is 44.4 Å². The summed E-state index contributed by atoms with van der Waals surface area (Å²) in [6.07, 6.45) is 1.92. The molecule has 0 fully saturated rings. The largest absolute Gasteiger partial charge is 0.350 e. The Labute approximate surface area is 109 Å². The number of fused-ring (bicyclic) bond motifs is 1. The summed E-state index contributed by atoms with van der Waals surface area (Å²) in [7, 11) is 0. The van der Waals surface area contributed by atoms with Gasteiger partial charge in [0.2, 0.25) is 5.91 Å². The zero-order valence-corrected chi connectivity index (χ0v) is 11.4. The Morgan fingerprint density at radius 3 is 2.89 bits per heavy atom. The molecule has 0 spiro atoms. The normalized spacial score (nSPS) is 19.2. The highest BCUT2D eigenvalue weighted by atomic mass is 16.2.